The quantitative estimate of drug-likeness (QED) is 0.189. The molecule has 0 radical (unpaired) electrons. The lowest BCUT2D eigenvalue weighted by atomic mass is 10.0. The van der Waals surface area contributed by atoms with E-state index in [-0.39, 0.29) is 23.1 Å². The van der Waals surface area contributed by atoms with Gasteiger partial charge in [0.1, 0.15) is 11.4 Å². The maximum Gasteiger partial charge on any atom is 0.303 e. The fourth-order valence-corrected chi connectivity index (χ4v) is 3.15. The lowest BCUT2D eigenvalue weighted by Crippen LogP contribution is -2.59. The van der Waals surface area contributed by atoms with E-state index in [1.807, 2.05) is 0 Å². The maximum atomic E-state index is 12.1. The predicted molar refractivity (Wildman–Crippen MR) is 102 cm³/mol. The van der Waals surface area contributed by atoms with Crippen LogP contribution < -0.4 is 10.9 Å². The molecular formula is C17H21N3O9S. The number of aromatic amines is 1. The van der Waals surface area contributed by atoms with E-state index >= 15 is 0 Å². The molecule has 4 atom stereocenters. The fraction of sp³-hybridized carbons (Fsp3) is 0.529. The molecule has 1 aliphatic rings. The summed E-state index contributed by atoms with van der Waals surface area (Å²) in [7, 11) is 0. The minimum absolute atomic E-state index is 0.118. The molecular weight excluding hydrogens is 422 g/mol. The van der Waals surface area contributed by atoms with Gasteiger partial charge in [0.05, 0.1) is 6.61 Å². The smallest absolute Gasteiger partial charge is 0.303 e. The van der Waals surface area contributed by atoms with E-state index in [1.165, 1.54) is 0 Å². The topological polar surface area (TPSA) is 163 Å². The monoisotopic (exact) mass is 443 g/mol. The highest BCUT2D eigenvalue weighted by molar-refractivity contribution is 7.98. The summed E-state index contributed by atoms with van der Waals surface area (Å²) in [4.78, 5) is 64.7. The summed E-state index contributed by atoms with van der Waals surface area (Å²) < 4.78 is 21.2. The lowest BCUT2D eigenvalue weighted by Gasteiger charge is -2.40. The second-order valence-corrected chi connectivity index (χ2v) is 6.94. The molecule has 0 amide bonds. The van der Waals surface area contributed by atoms with Crippen LogP contribution in [0.15, 0.2) is 9.95 Å². The SMILES string of the molecule is CSc1nc(NC2OCC(OC(C)=O)C(OC(C)=O)C2OC(C)=O)c(C=O)c(=O)[nH]1. The average Bonchev–Trinajstić information content (AvgIpc) is 2.64. The van der Waals surface area contributed by atoms with E-state index < -0.39 is 48.0 Å². The number of hydrogen-bond acceptors (Lipinski definition) is 12. The lowest BCUT2D eigenvalue weighted by molar-refractivity contribution is -0.221. The zero-order valence-electron chi connectivity index (χ0n) is 16.6. The van der Waals surface area contributed by atoms with Crippen LogP contribution >= 0.6 is 11.8 Å². The molecule has 0 aliphatic carbocycles. The summed E-state index contributed by atoms with van der Waals surface area (Å²) >= 11 is 1.13. The van der Waals surface area contributed by atoms with Crippen molar-refractivity contribution in [3.63, 3.8) is 0 Å². The molecule has 4 unspecified atom stereocenters. The summed E-state index contributed by atoms with van der Waals surface area (Å²) in [6, 6.07) is 0. The molecule has 164 valence electrons. The van der Waals surface area contributed by atoms with Crippen molar-refractivity contribution in [3.8, 4) is 0 Å². The van der Waals surface area contributed by atoms with Crippen molar-refractivity contribution in [2.24, 2.45) is 0 Å². The Morgan fingerprint density at radius 3 is 2.27 bits per heavy atom. The Balaban J connectivity index is 2.43. The minimum atomic E-state index is -1.28. The molecule has 1 aliphatic heterocycles. The van der Waals surface area contributed by atoms with Crippen LogP contribution in [0.1, 0.15) is 31.1 Å². The van der Waals surface area contributed by atoms with Crippen LogP contribution in [0, 0.1) is 0 Å². The molecule has 1 aromatic rings. The molecule has 0 bridgehead atoms. The Morgan fingerprint density at radius 1 is 1.13 bits per heavy atom. The van der Waals surface area contributed by atoms with E-state index in [4.69, 9.17) is 18.9 Å². The number of hydrogen-bond donors (Lipinski definition) is 2. The van der Waals surface area contributed by atoms with Crippen molar-refractivity contribution >= 4 is 41.8 Å². The summed E-state index contributed by atoms with van der Waals surface area (Å²) in [5, 5.41) is 2.97. The van der Waals surface area contributed by atoms with Crippen molar-refractivity contribution in [1.29, 1.82) is 0 Å². The van der Waals surface area contributed by atoms with Crippen molar-refractivity contribution in [1.82, 2.24) is 9.97 Å². The van der Waals surface area contributed by atoms with Gasteiger partial charge in [0.15, 0.2) is 36.0 Å². The molecule has 13 heteroatoms. The van der Waals surface area contributed by atoms with E-state index in [1.54, 1.807) is 6.26 Å². The van der Waals surface area contributed by atoms with Gasteiger partial charge in [-0.15, -0.1) is 0 Å². The summed E-state index contributed by atoms with van der Waals surface area (Å²) in [5.41, 5.74) is -0.981. The van der Waals surface area contributed by atoms with E-state index in [0.717, 1.165) is 32.5 Å². The van der Waals surface area contributed by atoms with Crippen molar-refractivity contribution in [3.05, 3.63) is 15.9 Å². The highest BCUT2D eigenvalue weighted by Gasteiger charge is 2.47. The number of aromatic nitrogens is 2. The third-order valence-electron chi connectivity index (χ3n) is 3.87. The molecule has 30 heavy (non-hydrogen) atoms. The molecule has 1 saturated heterocycles. The van der Waals surface area contributed by atoms with Gasteiger partial charge in [0, 0.05) is 20.8 Å². The van der Waals surface area contributed by atoms with Crippen LogP contribution in [0.5, 0.6) is 0 Å². The highest BCUT2D eigenvalue weighted by atomic mass is 32.2. The summed E-state index contributed by atoms with van der Waals surface area (Å²) in [6.07, 6.45) is -2.72. The second kappa shape index (κ2) is 10.2. The molecule has 2 rings (SSSR count). The summed E-state index contributed by atoms with van der Waals surface area (Å²) in [5.74, 6) is -2.21. The first-order valence-electron chi connectivity index (χ1n) is 8.69. The van der Waals surface area contributed by atoms with Gasteiger partial charge in [-0.2, -0.15) is 0 Å². The highest BCUT2D eigenvalue weighted by Crippen LogP contribution is 2.26. The molecule has 1 aromatic heterocycles. The first kappa shape index (κ1) is 23.3. The van der Waals surface area contributed by atoms with E-state index in [0.29, 0.717) is 6.29 Å². The largest absolute Gasteiger partial charge is 0.456 e. The number of rotatable bonds is 7. The maximum absolute atomic E-state index is 12.1. The first-order valence-corrected chi connectivity index (χ1v) is 9.92. The molecule has 0 saturated carbocycles. The van der Waals surface area contributed by atoms with Gasteiger partial charge >= 0.3 is 17.9 Å². The summed E-state index contributed by atoms with van der Waals surface area (Å²) in [6.45, 7) is 3.21. The molecule has 0 spiro atoms. The fourth-order valence-electron chi connectivity index (χ4n) is 2.78. The Labute approximate surface area is 175 Å². The predicted octanol–water partition coefficient (Wildman–Crippen LogP) is -0.132. The number of thioether (sulfide) groups is 1. The van der Waals surface area contributed by atoms with Crippen LogP contribution in [0.3, 0.4) is 0 Å². The van der Waals surface area contributed by atoms with Gasteiger partial charge in [0.2, 0.25) is 0 Å². The zero-order valence-corrected chi connectivity index (χ0v) is 17.4. The Hall–Kier alpha value is -2.93. The molecule has 1 fully saturated rings. The Morgan fingerprint density at radius 2 is 1.73 bits per heavy atom. The van der Waals surface area contributed by atoms with Crippen molar-refractivity contribution in [2.75, 3.05) is 18.2 Å². The van der Waals surface area contributed by atoms with Crippen LogP contribution in [0.2, 0.25) is 0 Å². The molecule has 2 N–H and O–H groups in total. The minimum Gasteiger partial charge on any atom is -0.456 e. The first-order chi connectivity index (χ1) is 14.2. The molecule has 0 aromatic carbocycles. The number of esters is 3. The number of carbonyl (C=O) groups excluding carboxylic acids is 4. The number of anilines is 1. The number of nitrogens with zero attached hydrogens (tertiary/aromatic N) is 1. The van der Waals surface area contributed by atoms with Crippen LogP contribution in [-0.4, -0.2) is 71.6 Å². The van der Waals surface area contributed by atoms with E-state index in [9.17, 15) is 24.0 Å². The van der Waals surface area contributed by atoms with E-state index in [2.05, 4.69) is 15.3 Å². The number of nitrogens with one attached hydrogen (secondary N) is 2. The second-order valence-electron chi connectivity index (χ2n) is 6.15. The van der Waals surface area contributed by atoms with Gasteiger partial charge in [-0.25, -0.2) is 4.98 Å². The molecule has 12 nitrogen and oxygen atoms in total. The number of aldehydes is 1. The third kappa shape index (κ3) is 5.79. The molecule has 2 heterocycles. The van der Waals surface area contributed by atoms with Gasteiger partial charge in [0.25, 0.3) is 5.56 Å². The van der Waals surface area contributed by atoms with Crippen LogP contribution in [-0.2, 0) is 33.3 Å². The average molecular weight is 443 g/mol. The zero-order chi connectivity index (χ0) is 22.4. The van der Waals surface area contributed by atoms with Gasteiger partial charge < -0.3 is 29.2 Å². The third-order valence-corrected chi connectivity index (χ3v) is 4.45. The van der Waals surface area contributed by atoms with Crippen LogP contribution in [0.25, 0.3) is 0 Å². The standard InChI is InChI=1S/C17H21N3O9S/c1-7(22)27-11-6-26-16(13(29-9(3)24)12(11)28-8(2)23)18-14-10(5-21)15(25)20-17(19-14)30-4/h5,11-13,16H,6H2,1-4H3,(H2,18,19,20,25). The number of carbonyl (C=O) groups is 4. The van der Waals surface area contributed by atoms with Gasteiger partial charge in [-0.05, 0) is 6.26 Å². The van der Waals surface area contributed by atoms with Gasteiger partial charge in [-0.3, -0.25) is 24.0 Å². The normalized spacial score (nSPS) is 23.2. The van der Waals surface area contributed by atoms with Crippen molar-refractivity contribution < 1.29 is 38.1 Å². The van der Waals surface area contributed by atoms with Crippen LogP contribution in [0.4, 0.5) is 5.82 Å². The number of ether oxygens (including phenoxy) is 4. The number of H-pyrrole nitrogens is 1. The Bertz CT molecular complexity index is 888. The Kier molecular flexibility index (Phi) is 7.94. The van der Waals surface area contributed by atoms with Gasteiger partial charge in [-0.1, -0.05) is 11.8 Å². The van der Waals surface area contributed by atoms with Crippen molar-refractivity contribution in [2.45, 2.75) is 50.5 Å².